The molecule has 0 saturated carbocycles. The minimum absolute atomic E-state index is 0.0639. The van der Waals surface area contributed by atoms with E-state index in [1.54, 1.807) is 65.6 Å². The van der Waals surface area contributed by atoms with Gasteiger partial charge in [-0.05, 0) is 54.4 Å². The molecule has 2 fully saturated rings. The highest BCUT2D eigenvalue weighted by atomic mass is 16.5. The van der Waals surface area contributed by atoms with Crippen molar-refractivity contribution in [2.45, 2.75) is 31.0 Å². The number of benzene rings is 3. The quantitative estimate of drug-likeness (QED) is 0.488. The number of ether oxygens (including phenoxy) is 1. The number of carbonyl (C=O) groups is 4. The molecule has 3 aromatic carbocycles. The van der Waals surface area contributed by atoms with E-state index in [0.29, 0.717) is 29.8 Å². The summed E-state index contributed by atoms with van der Waals surface area (Å²) in [6.45, 7) is 0.227. The molecule has 3 aromatic rings. The van der Waals surface area contributed by atoms with Crippen molar-refractivity contribution >= 4 is 23.5 Å². The number of hydrogen-bond acceptors (Lipinski definition) is 6. The molecular weight excluding hydrogens is 498 g/mol. The molecule has 0 aromatic heterocycles. The van der Waals surface area contributed by atoms with E-state index in [-0.39, 0.29) is 30.4 Å². The van der Waals surface area contributed by atoms with E-state index in [1.807, 2.05) is 6.07 Å². The van der Waals surface area contributed by atoms with Gasteiger partial charge in [-0.25, -0.2) is 0 Å². The number of Topliss-reactive ketones (excluding diaryl/α,β-unsaturated/α-hetero) is 1. The second-order valence-electron chi connectivity index (χ2n) is 9.73. The second-order valence-corrected chi connectivity index (χ2v) is 9.73. The highest BCUT2D eigenvalue weighted by Gasteiger charge is 2.52. The minimum Gasteiger partial charge on any atom is -0.508 e. The van der Waals surface area contributed by atoms with Crippen molar-refractivity contribution in [1.82, 2.24) is 15.1 Å². The van der Waals surface area contributed by atoms with Crippen LogP contribution in [0, 0.1) is 0 Å². The predicted octanol–water partition coefficient (Wildman–Crippen LogP) is 2.44. The second kappa shape index (κ2) is 11.0. The zero-order valence-electron chi connectivity index (χ0n) is 21.4. The summed E-state index contributed by atoms with van der Waals surface area (Å²) in [6, 6.07) is 19.6. The summed E-state index contributed by atoms with van der Waals surface area (Å²) in [5, 5.41) is 12.5. The lowest BCUT2D eigenvalue weighted by Crippen LogP contribution is -2.53. The number of phenols is 1. The standard InChI is InChI=1S/C30H29N3O6/c1-39-23-9-5-8-21(17-23)28(36)31-24(16-19-10-12-22(34)13-11-19)30(38)32-15-14-25-27(32)26(35)18-33(25)29(37)20-6-3-2-4-7-20/h2-13,17,24-25,27,34H,14-16,18H2,1H3,(H,31,36). The SMILES string of the molecule is COc1cccc(C(=O)NC(Cc2ccc(O)cc2)C(=O)N2CCC3C2C(=O)CN3C(=O)c2ccccc2)c1. The van der Waals surface area contributed by atoms with Crippen LogP contribution in [0.2, 0.25) is 0 Å². The van der Waals surface area contributed by atoms with Crippen LogP contribution in [-0.4, -0.2) is 76.7 Å². The minimum atomic E-state index is -0.973. The van der Waals surface area contributed by atoms with Crippen LogP contribution >= 0.6 is 0 Å². The molecule has 0 aliphatic carbocycles. The lowest BCUT2D eigenvalue weighted by molar-refractivity contribution is -0.138. The van der Waals surface area contributed by atoms with E-state index in [0.717, 1.165) is 5.56 Å². The van der Waals surface area contributed by atoms with Crippen LogP contribution in [0.15, 0.2) is 78.9 Å². The Hall–Kier alpha value is -4.66. The average Bonchev–Trinajstić information content (AvgIpc) is 3.54. The molecule has 3 amide bonds. The van der Waals surface area contributed by atoms with Gasteiger partial charge >= 0.3 is 0 Å². The number of fused-ring (bicyclic) bond motifs is 1. The van der Waals surface area contributed by atoms with Gasteiger partial charge < -0.3 is 25.0 Å². The number of nitrogens with zero attached hydrogens (tertiary/aromatic N) is 2. The topological polar surface area (TPSA) is 116 Å². The third-order valence-corrected chi connectivity index (χ3v) is 7.30. The Labute approximate surface area is 226 Å². The molecule has 2 aliphatic heterocycles. The predicted molar refractivity (Wildman–Crippen MR) is 142 cm³/mol. The molecule has 9 heteroatoms. The lowest BCUT2D eigenvalue weighted by atomic mass is 10.0. The van der Waals surface area contributed by atoms with Crippen LogP contribution in [0.3, 0.4) is 0 Å². The molecule has 0 spiro atoms. The molecule has 0 bridgehead atoms. The van der Waals surface area contributed by atoms with Crippen LogP contribution in [0.4, 0.5) is 0 Å². The first-order valence-electron chi connectivity index (χ1n) is 12.8. The summed E-state index contributed by atoms with van der Waals surface area (Å²) in [7, 11) is 1.50. The smallest absolute Gasteiger partial charge is 0.254 e. The number of amides is 3. The van der Waals surface area contributed by atoms with Gasteiger partial charge in [0.05, 0.1) is 19.7 Å². The molecule has 2 heterocycles. The van der Waals surface area contributed by atoms with Crippen LogP contribution < -0.4 is 10.1 Å². The Morgan fingerprint density at radius 3 is 2.41 bits per heavy atom. The highest BCUT2D eigenvalue weighted by molar-refractivity contribution is 6.03. The Bertz CT molecular complexity index is 1390. The first-order chi connectivity index (χ1) is 18.9. The molecule has 9 nitrogen and oxygen atoms in total. The van der Waals surface area contributed by atoms with Gasteiger partial charge in [-0.15, -0.1) is 0 Å². The molecule has 3 unspecified atom stereocenters. The van der Waals surface area contributed by atoms with Crippen LogP contribution in [0.5, 0.6) is 11.5 Å². The van der Waals surface area contributed by atoms with Gasteiger partial charge in [-0.2, -0.15) is 0 Å². The van der Waals surface area contributed by atoms with E-state index in [1.165, 1.54) is 24.1 Å². The molecular formula is C30H29N3O6. The first kappa shape index (κ1) is 26.0. The fraction of sp³-hybridized carbons (Fsp3) is 0.267. The van der Waals surface area contributed by atoms with E-state index < -0.39 is 29.9 Å². The average molecular weight is 528 g/mol. The van der Waals surface area contributed by atoms with Gasteiger partial charge in [0.25, 0.3) is 11.8 Å². The van der Waals surface area contributed by atoms with Gasteiger partial charge in [-0.3, -0.25) is 19.2 Å². The molecule has 2 N–H and O–H groups in total. The fourth-order valence-electron chi connectivity index (χ4n) is 5.36. The Morgan fingerprint density at radius 1 is 0.974 bits per heavy atom. The largest absolute Gasteiger partial charge is 0.508 e. The van der Waals surface area contributed by atoms with E-state index in [9.17, 15) is 24.3 Å². The zero-order valence-corrected chi connectivity index (χ0v) is 21.4. The summed E-state index contributed by atoms with van der Waals surface area (Å²) in [6.07, 6.45) is 0.625. The van der Waals surface area contributed by atoms with Crippen molar-refractivity contribution in [3.05, 3.63) is 95.6 Å². The summed E-state index contributed by atoms with van der Waals surface area (Å²) < 4.78 is 5.22. The molecule has 2 aliphatic rings. The highest BCUT2D eigenvalue weighted by Crippen LogP contribution is 2.31. The van der Waals surface area contributed by atoms with Gasteiger partial charge in [0, 0.05) is 24.1 Å². The number of phenolic OH excluding ortho intramolecular Hbond substituents is 1. The lowest BCUT2D eigenvalue weighted by Gasteiger charge is -2.28. The number of nitrogens with one attached hydrogen (secondary N) is 1. The monoisotopic (exact) mass is 527 g/mol. The van der Waals surface area contributed by atoms with Gasteiger partial charge in [-0.1, -0.05) is 36.4 Å². The number of ketones is 1. The van der Waals surface area contributed by atoms with Gasteiger partial charge in [0.15, 0.2) is 5.78 Å². The maximum absolute atomic E-state index is 13.9. The van der Waals surface area contributed by atoms with Crippen LogP contribution in [0.25, 0.3) is 0 Å². The summed E-state index contributed by atoms with van der Waals surface area (Å²) in [4.78, 5) is 56.4. The number of methoxy groups -OCH3 is 1. The number of aromatic hydroxyl groups is 1. The van der Waals surface area contributed by atoms with Gasteiger partial charge in [0.2, 0.25) is 5.91 Å². The van der Waals surface area contributed by atoms with Crippen LogP contribution in [0.1, 0.15) is 32.7 Å². The van der Waals surface area contributed by atoms with Crippen molar-refractivity contribution in [2.75, 3.05) is 20.2 Å². The number of hydrogen-bond donors (Lipinski definition) is 2. The third-order valence-electron chi connectivity index (χ3n) is 7.30. The van der Waals surface area contributed by atoms with E-state index in [2.05, 4.69) is 5.32 Å². The van der Waals surface area contributed by atoms with Crippen molar-refractivity contribution in [2.24, 2.45) is 0 Å². The Morgan fingerprint density at radius 2 is 1.69 bits per heavy atom. The first-order valence-corrected chi connectivity index (χ1v) is 12.8. The summed E-state index contributed by atoms with van der Waals surface area (Å²) >= 11 is 0. The Kier molecular flexibility index (Phi) is 7.31. The van der Waals surface area contributed by atoms with Crippen molar-refractivity contribution in [1.29, 1.82) is 0 Å². The van der Waals surface area contributed by atoms with Crippen LogP contribution in [-0.2, 0) is 16.0 Å². The Balaban J connectivity index is 1.38. The van der Waals surface area contributed by atoms with Crippen molar-refractivity contribution in [3.63, 3.8) is 0 Å². The van der Waals surface area contributed by atoms with Gasteiger partial charge in [0.1, 0.15) is 23.6 Å². The summed E-state index contributed by atoms with van der Waals surface area (Å²) in [5.41, 5.74) is 1.55. The molecule has 200 valence electrons. The molecule has 3 atom stereocenters. The third kappa shape index (κ3) is 5.34. The number of carbonyl (C=O) groups excluding carboxylic acids is 4. The van der Waals surface area contributed by atoms with E-state index >= 15 is 0 Å². The molecule has 0 radical (unpaired) electrons. The molecule has 5 rings (SSSR count). The normalized spacial score (nSPS) is 18.9. The molecule has 2 saturated heterocycles. The number of likely N-dealkylation sites (tertiary alicyclic amines) is 2. The number of rotatable bonds is 7. The maximum Gasteiger partial charge on any atom is 0.254 e. The van der Waals surface area contributed by atoms with E-state index in [4.69, 9.17) is 4.74 Å². The van der Waals surface area contributed by atoms with Crippen molar-refractivity contribution in [3.8, 4) is 11.5 Å². The zero-order chi connectivity index (χ0) is 27.5. The van der Waals surface area contributed by atoms with Crippen molar-refractivity contribution < 1.29 is 29.0 Å². The summed E-state index contributed by atoms with van der Waals surface area (Å²) in [5.74, 6) is -0.694. The fourth-order valence-corrected chi connectivity index (χ4v) is 5.36. The molecule has 39 heavy (non-hydrogen) atoms. The maximum atomic E-state index is 13.9.